The molecule has 4 rings (SSSR count). The zero-order chi connectivity index (χ0) is 19.7. The summed E-state index contributed by atoms with van der Waals surface area (Å²) in [6.45, 7) is 0. The molecule has 0 saturated carbocycles. The summed E-state index contributed by atoms with van der Waals surface area (Å²) in [6.07, 6.45) is 0. The number of fused-ring (bicyclic) bond motifs is 1. The van der Waals surface area contributed by atoms with E-state index >= 15 is 0 Å². The highest BCUT2D eigenvalue weighted by Crippen LogP contribution is 2.32. The first-order valence-electron chi connectivity index (χ1n) is 8.20. The van der Waals surface area contributed by atoms with Gasteiger partial charge in [-0.3, -0.25) is 0 Å². The number of aromatic nitrogens is 2. The summed E-state index contributed by atoms with van der Waals surface area (Å²) in [7, 11) is 0. The molecule has 0 unspecified atom stereocenters. The van der Waals surface area contributed by atoms with E-state index in [4.69, 9.17) is 46.4 Å². The molecule has 0 saturated heterocycles. The largest absolute Gasteiger partial charge is 0.337 e. The molecule has 0 amide bonds. The van der Waals surface area contributed by atoms with Crippen LogP contribution in [-0.2, 0) is 0 Å². The third-order valence-corrected chi connectivity index (χ3v) is 5.41. The van der Waals surface area contributed by atoms with Gasteiger partial charge in [0.25, 0.3) is 0 Å². The van der Waals surface area contributed by atoms with Gasteiger partial charge in [0.2, 0.25) is 0 Å². The van der Waals surface area contributed by atoms with E-state index in [0.717, 1.165) is 22.4 Å². The van der Waals surface area contributed by atoms with E-state index < -0.39 is 0 Å². The van der Waals surface area contributed by atoms with Crippen molar-refractivity contribution in [1.29, 1.82) is 0 Å². The Bertz CT molecular complexity index is 1090. The maximum atomic E-state index is 6.13. The molecule has 4 aromatic rings. The minimum atomic E-state index is 0.444. The number of anilines is 4. The van der Waals surface area contributed by atoms with Gasteiger partial charge in [0, 0.05) is 11.4 Å². The molecule has 1 heterocycles. The number of halogens is 4. The Morgan fingerprint density at radius 2 is 0.964 bits per heavy atom. The lowest BCUT2D eigenvalue weighted by Gasteiger charge is -2.14. The number of para-hydroxylation sites is 2. The fourth-order valence-corrected chi connectivity index (χ4v) is 3.19. The van der Waals surface area contributed by atoms with Gasteiger partial charge in [-0.1, -0.05) is 58.5 Å². The van der Waals surface area contributed by atoms with E-state index in [1.807, 2.05) is 36.4 Å². The number of benzene rings is 3. The second-order valence-corrected chi connectivity index (χ2v) is 7.55. The lowest BCUT2D eigenvalue weighted by Crippen LogP contribution is -2.03. The molecule has 28 heavy (non-hydrogen) atoms. The highest BCUT2D eigenvalue weighted by molar-refractivity contribution is 6.42. The number of nitrogens with zero attached hydrogens (tertiary/aromatic N) is 2. The van der Waals surface area contributed by atoms with E-state index in [-0.39, 0.29) is 0 Å². The number of hydrogen-bond donors (Lipinski definition) is 2. The molecule has 0 fully saturated rings. The molecule has 0 aliphatic carbocycles. The Morgan fingerprint density at radius 3 is 1.36 bits per heavy atom. The van der Waals surface area contributed by atoms with Gasteiger partial charge >= 0.3 is 0 Å². The van der Waals surface area contributed by atoms with Crippen LogP contribution in [-0.4, -0.2) is 9.97 Å². The lowest BCUT2D eigenvalue weighted by atomic mass is 10.2. The lowest BCUT2D eigenvalue weighted by molar-refractivity contribution is 1.27. The molecule has 140 valence electrons. The van der Waals surface area contributed by atoms with Gasteiger partial charge in [-0.05, 0) is 48.5 Å². The molecule has 2 N–H and O–H groups in total. The predicted octanol–water partition coefficient (Wildman–Crippen LogP) is 7.73. The second kappa shape index (κ2) is 8.02. The van der Waals surface area contributed by atoms with Gasteiger partial charge in [-0.25, -0.2) is 9.97 Å². The van der Waals surface area contributed by atoms with E-state index in [1.165, 1.54) is 0 Å². The standard InChI is InChI=1S/C20H12Cl4N4/c21-13-7-5-11(9-15(13)23)25-19-20(26-12-6-8-14(22)16(24)10-12)28-18-4-2-1-3-17(18)27-19/h1-10H,(H,25,27)(H,26,28). The van der Waals surface area contributed by atoms with Crippen LogP contribution in [0, 0.1) is 0 Å². The summed E-state index contributed by atoms with van der Waals surface area (Å²) in [5, 5.41) is 8.32. The molecule has 0 radical (unpaired) electrons. The van der Waals surface area contributed by atoms with Gasteiger partial charge in [0.15, 0.2) is 11.6 Å². The average molecular weight is 450 g/mol. The molecule has 0 atom stereocenters. The van der Waals surface area contributed by atoms with Gasteiger partial charge in [-0.15, -0.1) is 0 Å². The van der Waals surface area contributed by atoms with Crippen molar-refractivity contribution in [1.82, 2.24) is 9.97 Å². The molecule has 0 bridgehead atoms. The maximum Gasteiger partial charge on any atom is 0.174 e. The van der Waals surface area contributed by atoms with Crippen molar-refractivity contribution in [3.63, 3.8) is 0 Å². The van der Waals surface area contributed by atoms with Crippen LogP contribution in [0.2, 0.25) is 20.1 Å². The van der Waals surface area contributed by atoms with Crippen LogP contribution in [0.25, 0.3) is 11.0 Å². The fourth-order valence-electron chi connectivity index (χ4n) is 2.60. The van der Waals surface area contributed by atoms with Crippen LogP contribution < -0.4 is 10.6 Å². The number of hydrogen-bond acceptors (Lipinski definition) is 4. The predicted molar refractivity (Wildman–Crippen MR) is 119 cm³/mol. The van der Waals surface area contributed by atoms with Gasteiger partial charge in [0.05, 0.1) is 31.1 Å². The van der Waals surface area contributed by atoms with Crippen molar-refractivity contribution in [3.8, 4) is 0 Å². The first kappa shape index (κ1) is 19.1. The molecule has 3 aromatic carbocycles. The Balaban J connectivity index is 1.77. The van der Waals surface area contributed by atoms with Gasteiger partial charge in [0.1, 0.15) is 0 Å². The number of rotatable bonds is 4. The first-order valence-corrected chi connectivity index (χ1v) is 9.72. The van der Waals surface area contributed by atoms with Crippen LogP contribution in [0.4, 0.5) is 23.0 Å². The minimum absolute atomic E-state index is 0.444. The van der Waals surface area contributed by atoms with E-state index in [2.05, 4.69) is 20.6 Å². The molecule has 1 aromatic heterocycles. The van der Waals surface area contributed by atoms with Crippen molar-refractivity contribution < 1.29 is 0 Å². The third-order valence-electron chi connectivity index (χ3n) is 3.94. The summed E-state index contributed by atoms with van der Waals surface area (Å²) in [4.78, 5) is 9.37. The van der Waals surface area contributed by atoms with Crippen molar-refractivity contribution in [2.45, 2.75) is 0 Å². The smallest absolute Gasteiger partial charge is 0.174 e. The van der Waals surface area contributed by atoms with Crippen LogP contribution in [0.1, 0.15) is 0 Å². The van der Waals surface area contributed by atoms with E-state index in [0.29, 0.717) is 31.7 Å². The summed E-state index contributed by atoms with van der Waals surface area (Å²) >= 11 is 24.3. The Labute approximate surface area is 181 Å². The fraction of sp³-hybridized carbons (Fsp3) is 0. The van der Waals surface area contributed by atoms with Crippen LogP contribution in [0.5, 0.6) is 0 Å². The normalized spacial score (nSPS) is 10.9. The molecule has 0 aliphatic heterocycles. The summed E-state index contributed by atoms with van der Waals surface area (Å²) in [6, 6.07) is 18.1. The van der Waals surface area contributed by atoms with Crippen LogP contribution in [0.3, 0.4) is 0 Å². The number of nitrogens with one attached hydrogen (secondary N) is 2. The Morgan fingerprint density at radius 1 is 0.536 bits per heavy atom. The topological polar surface area (TPSA) is 49.8 Å². The maximum absolute atomic E-state index is 6.13. The first-order chi connectivity index (χ1) is 13.5. The Kier molecular flexibility index (Phi) is 5.47. The van der Waals surface area contributed by atoms with Crippen molar-refractivity contribution in [3.05, 3.63) is 80.8 Å². The quantitative estimate of drug-likeness (QED) is 0.334. The minimum Gasteiger partial charge on any atom is -0.337 e. The van der Waals surface area contributed by atoms with Crippen molar-refractivity contribution in [2.75, 3.05) is 10.6 Å². The van der Waals surface area contributed by atoms with Gasteiger partial charge in [-0.2, -0.15) is 0 Å². The molecule has 4 nitrogen and oxygen atoms in total. The van der Waals surface area contributed by atoms with Crippen LogP contribution >= 0.6 is 46.4 Å². The molecular formula is C20H12Cl4N4. The third kappa shape index (κ3) is 4.10. The van der Waals surface area contributed by atoms with Crippen molar-refractivity contribution >= 4 is 80.4 Å². The Hall–Kier alpha value is -2.24. The molecule has 0 spiro atoms. The summed E-state index contributed by atoms with van der Waals surface area (Å²) in [5.41, 5.74) is 2.97. The molecule has 0 aliphatic rings. The van der Waals surface area contributed by atoms with Gasteiger partial charge < -0.3 is 10.6 Å². The van der Waals surface area contributed by atoms with Crippen molar-refractivity contribution in [2.24, 2.45) is 0 Å². The highest BCUT2D eigenvalue weighted by Gasteiger charge is 2.11. The second-order valence-electron chi connectivity index (χ2n) is 5.92. The zero-order valence-corrected chi connectivity index (χ0v) is 17.2. The van der Waals surface area contributed by atoms with Crippen LogP contribution in [0.15, 0.2) is 60.7 Å². The molecular weight excluding hydrogens is 438 g/mol. The van der Waals surface area contributed by atoms with E-state index in [1.54, 1.807) is 24.3 Å². The summed E-state index contributed by atoms with van der Waals surface area (Å²) < 4.78 is 0. The monoisotopic (exact) mass is 448 g/mol. The SMILES string of the molecule is Clc1ccc(Nc2nc3ccccc3nc2Nc2ccc(Cl)c(Cl)c2)cc1Cl. The van der Waals surface area contributed by atoms with E-state index in [9.17, 15) is 0 Å². The summed E-state index contributed by atoms with van der Waals surface area (Å²) in [5.74, 6) is 1.06. The molecule has 8 heteroatoms. The highest BCUT2D eigenvalue weighted by atomic mass is 35.5. The average Bonchev–Trinajstić information content (AvgIpc) is 2.68. The zero-order valence-electron chi connectivity index (χ0n) is 14.2.